The molecule has 0 spiro atoms. The summed E-state index contributed by atoms with van der Waals surface area (Å²) in [4.78, 5) is 2.57. The van der Waals surface area contributed by atoms with Gasteiger partial charge in [-0.1, -0.05) is 53.6 Å². The molecule has 33 heavy (non-hydrogen) atoms. The second-order valence-corrected chi connectivity index (χ2v) is 11.8. The largest absolute Gasteiger partial charge is 0.392 e. The van der Waals surface area contributed by atoms with E-state index in [4.69, 9.17) is 0 Å². The molecule has 0 unspecified atom stereocenters. The molecule has 0 radical (unpaired) electrons. The molecule has 1 aromatic carbocycles. The van der Waals surface area contributed by atoms with E-state index in [9.17, 15) is 10.2 Å². The molecule has 0 aliphatic heterocycles. The Hall–Kier alpha value is -1.07. The fourth-order valence-electron chi connectivity index (χ4n) is 5.78. The number of rotatable bonds is 12. The Morgan fingerprint density at radius 2 is 1.94 bits per heavy atom. The number of hydrogen-bond acceptors (Lipinski definition) is 4. The minimum Gasteiger partial charge on any atom is -0.392 e. The van der Waals surface area contributed by atoms with Crippen molar-refractivity contribution in [1.29, 1.82) is 0 Å². The van der Waals surface area contributed by atoms with Crippen LogP contribution in [-0.4, -0.2) is 57.5 Å². The van der Waals surface area contributed by atoms with Gasteiger partial charge in [-0.25, -0.2) is 0 Å². The predicted molar refractivity (Wildman–Crippen MR) is 143 cm³/mol. The van der Waals surface area contributed by atoms with Crippen molar-refractivity contribution in [1.82, 2.24) is 4.90 Å². The van der Waals surface area contributed by atoms with Gasteiger partial charge >= 0.3 is 0 Å². The van der Waals surface area contributed by atoms with E-state index in [2.05, 4.69) is 81.6 Å². The molecule has 1 saturated carbocycles. The maximum atomic E-state index is 10.6. The quantitative estimate of drug-likeness (QED) is 0.306. The molecule has 3 rings (SSSR count). The molecule has 1 aromatic rings. The van der Waals surface area contributed by atoms with Crippen molar-refractivity contribution in [3.63, 3.8) is 0 Å². The summed E-state index contributed by atoms with van der Waals surface area (Å²) in [6.07, 6.45) is 9.51. The molecule has 5 atom stereocenters. The lowest BCUT2D eigenvalue weighted by Gasteiger charge is -2.30. The number of aliphatic hydroxyl groups is 2. The van der Waals surface area contributed by atoms with Crippen LogP contribution in [0.4, 0.5) is 0 Å². The first-order chi connectivity index (χ1) is 15.7. The third-order valence-corrected chi connectivity index (χ3v) is 8.50. The van der Waals surface area contributed by atoms with Crippen LogP contribution in [0.5, 0.6) is 0 Å². The average molecular weight is 472 g/mol. The van der Waals surface area contributed by atoms with Crippen LogP contribution in [0.2, 0.25) is 0 Å². The summed E-state index contributed by atoms with van der Waals surface area (Å²) in [5, 5.41) is 21.2. The maximum absolute atomic E-state index is 10.6. The van der Waals surface area contributed by atoms with Gasteiger partial charge in [-0.15, -0.1) is 0 Å². The lowest BCUT2D eigenvalue weighted by atomic mass is 9.89. The first-order valence-corrected chi connectivity index (χ1v) is 14.0. The Labute approximate surface area is 206 Å². The second kappa shape index (κ2) is 12.6. The van der Waals surface area contributed by atoms with Crippen LogP contribution < -0.4 is 0 Å². The number of nitrogens with zero attached hydrogens (tertiary/aromatic N) is 1. The zero-order valence-electron chi connectivity index (χ0n) is 21.3. The van der Waals surface area contributed by atoms with Gasteiger partial charge in [0.1, 0.15) is 0 Å². The number of hydrogen-bond donors (Lipinski definition) is 2. The van der Waals surface area contributed by atoms with E-state index in [1.807, 2.05) is 12.1 Å². The summed E-state index contributed by atoms with van der Waals surface area (Å²) < 4.78 is 0. The topological polar surface area (TPSA) is 43.7 Å². The van der Waals surface area contributed by atoms with Gasteiger partial charge in [0.2, 0.25) is 0 Å². The number of allylic oxidation sites excluding steroid dienone is 1. The fourth-order valence-corrected chi connectivity index (χ4v) is 6.74. The highest BCUT2D eigenvalue weighted by atomic mass is 32.2. The molecule has 2 aliphatic carbocycles. The molecule has 0 aromatic heterocycles. The number of fused-ring (bicyclic) bond motifs is 1. The molecule has 0 saturated heterocycles. The summed E-state index contributed by atoms with van der Waals surface area (Å²) in [6, 6.07) is 9.54. The smallest absolute Gasteiger partial charge is 0.0761 e. The van der Waals surface area contributed by atoms with Crippen LogP contribution in [0.1, 0.15) is 58.1 Å². The molecule has 0 bridgehead atoms. The molecule has 2 aliphatic rings. The van der Waals surface area contributed by atoms with Crippen LogP contribution >= 0.6 is 11.8 Å². The van der Waals surface area contributed by atoms with Gasteiger partial charge < -0.3 is 10.2 Å². The zero-order valence-corrected chi connectivity index (χ0v) is 22.1. The predicted octanol–water partition coefficient (Wildman–Crippen LogP) is 5.64. The van der Waals surface area contributed by atoms with Gasteiger partial charge in [0.25, 0.3) is 0 Å². The van der Waals surface area contributed by atoms with Gasteiger partial charge in [0.15, 0.2) is 0 Å². The van der Waals surface area contributed by atoms with Crippen molar-refractivity contribution < 1.29 is 10.2 Å². The third kappa shape index (κ3) is 7.71. The Kier molecular flexibility index (Phi) is 10.1. The van der Waals surface area contributed by atoms with Crippen LogP contribution in [-0.2, 0) is 6.42 Å². The summed E-state index contributed by atoms with van der Waals surface area (Å²) in [5.41, 5.74) is 3.94. The Balaban J connectivity index is 1.43. The van der Waals surface area contributed by atoms with E-state index in [1.54, 1.807) is 5.57 Å². The van der Waals surface area contributed by atoms with Gasteiger partial charge in [0, 0.05) is 30.2 Å². The van der Waals surface area contributed by atoms with Gasteiger partial charge in [-0.05, 0) is 83.6 Å². The van der Waals surface area contributed by atoms with Crippen LogP contribution in [0.15, 0.2) is 48.1 Å². The molecule has 184 valence electrons. The van der Waals surface area contributed by atoms with E-state index < -0.39 is 6.10 Å². The minimum atomic E-state index is -0.501. The Morgan fingerprint density at radius 1 is 1.18 bits per heavy atom. The first kappa shape index (κ1) is 26.5. The number of aliphatic hydroxyl groups excluding tert-OH is 2. The van der Waals surface area contributed by atoms with Crippen molar-refractivity contribution in [2.75, 3.05) is 18.1 Å². The molecule has 0 amide bonds. The lowest BCUT2D eigenvalue weighted by Crippen LogP contribution is -2.37. The van der Waals surface area contributed by atoms with E-state index in [0.29, 0.717) is 30.3 Å². The van der Waals surface area contributed by atoms with Crippen molar-refractivity contribution in [3.05, 3.63) is 59.2 Å². The summed E-state index contributed by atoms with van der Waals surface area (Å²) >= 11 is 2.06. The zero-order chi connectivity index (χ0) is 24.0. The number of benzene rings is 1. The molecule has 0 heterocycles. The van der Waals surface area contributed by atoms with Crippen LogP contribution in [0.3, 0.4) is 0 Å². The number of thioether (sulfide) groups is 1. The highest BCUT2D eigenvalue weighted by Gasteiger charge is 2.43. The second-order valence-electron chi connectivity index (χ2n) is 10.7. The van der Waals surface area contributed by atoms with Crippen molar-refractivity contribution in [3.8, 4) is 0 Å². The summed E-state index contributed by atoms with van der Waals surface area (Å²) in [6.45, 7) is 12.4. The molecular weight excluding hydrogens is 426 g/mol. The standard InChI is InChI=1S/C29H45NO2S/c1-20(2)30(21(3)4)12-7-13-33-19-24-15-25-18-29(32)27(28(25)17-24)11-10-26(31)16-23-9-6-8-22(5)14-23/h6,8-11,14-15,20-21,25-29,31-32H,7,12-13,16-19H2,1-5H3/t25-,26+,27+,28-,29+/m0/s1. The van der Waals surface area contributed by atoms with E-state index >= 15 is 0 Å². The number of aryl methyl sites for hydroxylation is 1. The van der Waals surface area contributed by atoms with Gasteiger partial charge in [-0.3, -0.25) is 4.90 Å². The molecule has 1 fully saturated rings. The molecule has 2 N–H and O–H groups in total. The van der Waals surface area contributed by atoms with Crippen LogP contribution in [0.25, 0.3) is 0 Å². The lowest BCUT2D eigenvalue weighted by molar-refractivity contribution is 0.140. The van der Waals surface area contributed by atoms with Crippen molar-refractivity contribution >= 4 is 11.8 Å². The van der Waals surface area contributed by atoms with Gasteiger partial charge in [-0.2, -0.15) is 11.8 Å². The fraction of sp³-hybridized carbons (Fsp3) is 0.655. The van der Waals surface area contributed by atoms with Crippen molar-refractivity contribution in [2.45, 2.75) is 84.6 Å². The Morgan fingerprint density at radius 3 is 2.64 bits per heavy atom. The highest BCUT2D eigenvalue weighted by molar-refractivity contribution is 7.99. The average Bonchev–Trinajstić information content (AvgIpc) is 3.24. The van der Waals surface area contributed by atoms with E-state index in [1.165, 1.54) is 24.3 Å². The summed E-state index contributed by atoms with van der Waals surface area (Å²) in [7, 11) is 0. The maximum Gasteiger partial charge on any atom is 0.0761 e. The van der Waals surface area contributed by atoms with Crippen molar-refractivity contribution in [2.24, 2.45) is 17.8 Å². The summed E-state index contributed by atoms with van der Waals surface area (Å²) in [5.74, 6) is 3.48. The third-order valence-electron chi connectivity index (χ3n) is 7.35. The molecular formula is C29H45NO2S. The molecule has 4 heteroatoms. The first-order valence-electron chi connectivity index (χ1n) is 12.9. The van der Waals surface area contributed by atoms with Crippen LogP contribution in [0, 0.1) is 24.7 Å². The highest BCUT2D eigenvalue weighted by Crippen LogP contribution is 2.47. The SMILES string of the molecule is Cc1cccc(C[C@H](O)C=C[C@@H]2[C@H]3CC(CSCCCN(C(C)C)C(C)C)=C[C@H]3C[C@H]2O)c1. The van der Waals surface area contributed by atoms with E-state index in [-0.39, 0.29) is 12.0 Å². The Bertz CT molecular complexity index is 795. The monoisotopic (exact) mass is 471 g/mol. The normalized spacial score (nSPS) is 26.1. The molecule has 3 nitrogen and oxygen atoms in total. The minimum absolute atomic E-state index is 0.159. The van der Waals surface area contributed by atoms with E-state index in [0.717, 1.165) is 24.2 Å². The van der Waals surface area contributed by atoms with Gasteiger partial charge in [0.05, 0.1) is 12.2 Å².